The SMILES string of the molecule is COc1ccc(C)cc1N/C=C1\CCCC2(C)C1=[N+](C)c1ccccc12. The molecule has 4 rings (SSSR count). The van der Waals surface area contributed by atoms with Crippen molar-refractivity contribution in [2.24, 2.45) is 0 Å². The number of fused-ring (bicyclic) bond motifs is 3. The molecule has 0 radical (unpaired) electrons. The number of aryl methyl sites for hydroxylation is 1. The van der Waals surface area contributed by atoms with Gasteiger partial charge in [-0.3, -0.25) is 0 Å². The van der Waals surface area contributed by atoms with Gasteiger partial charge < -0.3 is 10.1 Å². The van der Waals surface area contributed by atoms with Crippen LogP contribution in [0.5, 0.6) is 5.75 Å². The lowest BCUT2D eigenvalue weighted by molar-refractivity contribution is -0.402. The van der Waals surface area contributed by atoms with Crippen molar-refractivity contribution >= 4 is 17.1 Å². The van der Waals surface area contributed by atoms with Crippen LogP contribution in [0.25, 0.3) is 0 Å². The molecule has 1 fully saturated rings. The summed E-state index contributed by atoms with van der Waals surface area (Å²) >= 11 is 0. The van der Waals surface area contributed by atoms with Gasteiger partial charge in [-0.15, -0.1) is 0 Å². The lowest BCUT2D eigenvalue weighted by atomic mass is 9.69. The maximum absolute atomic E-state index is 5.51. The van der Waals surface area contributed by atoms with Crippen molar-refractivity contribution in [1.82, 2.24) is 0 Å². The zero-order valence-electron chi connectivity index (χ0n) is 16.1. The molecule has 1 aliphatic heterocycles. The Morgan fingerprint density at radius 2 is 2.00 bits per heavy atom. The average Bonchev–Trinajstić information content (AvgIpc) is 2.88. The first-order valence-electron chi connectivity index (χ1n) is 9.36. The van der Waals surface area contributed by atoms with Crippen LogP contribution in [0.4, 0.5) is 11.4 Å². The summed E-state index contributed by atoms with van der Waals surface area (Å²) in [5, 5.41) is 3.52. The zero-order valence-corrected chi connectivity index (χ0v) is 16.1. The molecular weight excluding hydrogens is 320 g/mol. The Kier molecular flexibility index (Phi) is 4.10. The van der Waals surface area contributed by atoms with E-state index in [1.54, 1.807) is 7.11 Å². The molecule has 1 aliphatic carbocycles. The molecule has 1 atom stereocenters. The Morgan fingerprint density at radius 3 is 2.81 bits per heavy atom. The van der Waals surface area contributed by atoms with Gasteiger partial charge in [0.1, 0.15) is 12.8 Å². The van der Waals surface area contributed by atoms with Gasteiger partial charge in [-0.1, -0.05) is 24.3 Å². The van der Waals surface area contributed by atoms with Gasteiger partial charge in [-0.05, 0) is 50.8 Å². The fraction of sp³-hybridized carbons (Fsp3) is 0.348. The molecule has 0 spiro atoms. The first kappa shape index (κ1) is 16.9. The van der Waals surface area contributed by atoms with Crippen molar-refractivity contribution in [1.29, 1.82) is 0 Å². The number of methoxy groups -OCH3 is 1. The highest BCUT2D eigenvalue weighted by Gasteiger charge is 2.50. The number of ether oxygens (including phenoxy) is 1. The van der Waals surface area contributed by atoms with Crippen LogP contribution < -0.4 is 10.1 Å². The Hall–Kier alpha value is -2.55. The second kappa shape index (κ2) is 6.31. The molecule has 26 heavy (non-hydrogen) atoms. The van der Waals surface area contributed by atoms with Crippen LogP contribution in [0.2, 0.25) is 0 Å². The van der Waals surface area contributed by atoms with E-state index in [1.165, 1.54) is 40.9 Å². The van der Waals surface area contributed by atoms with E-state index < -0.39 is 0 Å². The number of hydrogen-bond acceptors (Lipinski definition) is 2. The number of rotatable bonds is 3. The first-order chi connectivity index (χ1) is 12.5. The minimum absolute atomic E-state index is 0.105. The number of nitrogens with zero attached hydrogens (tertiary/aromatic N) is 1. The zero-order chi connectivity index (χ0) is 18.3. The third kappa shape index (κ3) is 2.54. The average molecular weight is 347 g/mol. The molecule has 1 N–H and O–H groups in total. The molecule has 1 unspecified atom stereocenters. The van der Waals surface area contributed by atoms with E-state index in [1.807, 2.05) is 6.07 Å². The van der Waals surface area contributed by atoms with Crippen LogP contribution in [-0.2, 0) is 5.41 Å². The van der Waals surface area contributed by atoms with E-state index >= 15 is 0 Å². The minimum Gasteiger partial charge on any atom is -0.495 e. The standard InChI is InChI=1S/C23H26N2O/c1-16-11-12-21(26-4)19(14-16)24-15-17-8-7-13-23(2)18-9-5-6-10-20(18)25(3)22(17)23/h5-6,9-12,14-15H,7-8,13H2,1-4H3/p+1. The lowest BCUT2D eigenvalue weighted by Gasteiger charge is -2.29. The van der Waals surface area contributed by atoms with E-state index in [9.17, 15) is 0 Å². The van der Waals surface area contributed by atoms with E-state index in [4.69, 9.17) is 4.74 Å². The maximum Gasteiger partial charge on any atom is 0.209 e. The Bertz CT molecular complexity index is 926. The van der Waals surface area contributed by atoms with E-state index in [0.717, 1.165) is 17.9 Å². The summed E-state index contributed by atoms with van der Waals surface area (Å²) in [4.78, 5) is 0. The number of allylic oxidation sites excluding steroid dienone is 1. The van der Waals surface area contributed by atoms with Crippen molar-refractivity contribution in [2.45, 2.75) is 38.5 Å². The predicted octanol–water partition coefficient (Wildman–Crippen LogP) is 5.17. The molecule has 2 aromatic rings. The molecule has 1 heterocycles. The Labute approximate surface area is 156 Å². The van der Waals surface area contributed by atoms with E-state index in [0.29, 0.717) is 0 Å². The molecule has 134 valence electrons. The quantitative estimate of drug-likeness (QED) is 0.775. The topological polar surface area (TPSA) is 24.3 Å². The number of hydrogen-bond donors (Lipinski definition) is 1. The van der Waals surface area contributed by atoms with Crippen LogP contribution in [-0.4, -0.2) is 24.4 Å². The monoisotopic (exact) mass is 347 g/mol. The van der Waals surface area contributed by atoms with Crippen LogP contribution in [0, 0.1) is 6.92 Å². The first-order valence-corrected chi connectivity index (χ1v) is 9.36. The molecule has 2 aromatic carbocycles. The third-order valence-electron chi connectivity index (χ3n) is 5.90. The maximum atomic E-state index is 5.51. The molecular formula is C23H27N2O+. The summed E-state index contributed by atoms with van der Waals surface area (Å²) < 4.78 is 7.89. The van der Waals surface area contributed by atoms with E-state index in [2.05, 4.69) is 73.4 Å². The molecule has 0 bridgehead atoms. The van der Waals surface area contributed by atoms with Gasteiger partial charge in [0, 0.05) is 23.4 Å². The van der Waals surface area contributed by atoms with Crippen molar-refractivity contribution in [3.8, 4) is 5.75 Å². The number of benzene rings is 2. The van der Waals surface area contributed by atoms with Gasteiger partial charge in [0.2, 0.25) is 5.69 Å². The van der Waals surface area contributed by atoms with Crippen molar-refractivity contribution in [3.05, 3.63) is 65.4 Å². The molecule has 0 aromatic heterocycles. The molecule has 1 saturated carbocycles. The van der Waals surface area contributed by atoms with Crippen LogP contribution in [0.15, 0.2) is 54.2 Å². The summed E-state index contributed by atoms with van der Waals surface area (Å²) in [6.45, 7) is 4.50. The second-order valence-corrected chi connectivity index (χ2v) is 7.63. The van der Waals surface area contributed by atoms with Gasteiger partial charge in [0.15, 0.2) is 5.71 Å². The predicted molar refractivity (Wildman–Crippen MR) is 108 cm³/mol. The lowest BCUT2D eigenvalue weighted by Crippen LogP contribution is -2.37. The van der Waals surface area contributed by atoms with Gasteiger partial charge in [0.25, 0.3) is 0 Å². The van der Waals surface area contributed by atoms with Crippen LogP contribution in [0.3, 0.4) is 0 Å². The number of para-hydroxylation sites is 1. The summed E-state index contributed by atoms with van der Waals surface area (Å²) in [5.41, 5.74) is 7.96. The minimum atomic E-state index is 0.105. The summed E-state index contributed by atoms with van der Waals surface area (Å²) in [6.07, 6.45) is 5.70. The molecule has 0 amide bonds. The summed E-state index contributed by atoms with van der Waals surface area (Å²) in [6, 6.07) is 15.1. The van der Waals surface area contributed by atoms with Gasteiger partial charge in [-0.2, -0.15) is 4.58 Å². The van der Waals surface area contributed by atoms with Gasteiger partial charge in [0.05, 0.1) is 18.2 Å². The fourth-order valence-electron chi connectivity index (χ4n) is 4.66. The Balaban J connectivity index is 1.74. The smallest absolute Gasteiger partial charge is 0.209 e. The second-order valence-electron chi connectivity index (χ2n) is 7.63. The Morgan fingerprint density at radius 1 is 1.19 bits per heavy atom. The van der Waals surface area contributed by atoms with Crippen molar-refractivity contribution in [2.75, 3.05) is 19.5 Å². The molecule has 3 heteroatoms. The molecule has 2 aliphatic rings. The normalized spacial score (nSPS) is 23.0. The van der Waals surface area contributed by atoms with Crippen LogP contribution in [0.1, 0.15) is 37.3 Å². The fourth-order valence-corrected chi connectivity index (χ4v) is 4.66. The third-order valence-corrected chi connectivity index (χ3v) is 5.90. The summed E-state index contributed by atoms with van der Waals surface area (Å²) in [5.74, 6) is 0.874. The largest absolute Gasteiger partial charge is 0.495 e. The molecule has 0 saturated heterocycles. The summed E-state index contributed by atoms with van der Waals surface area (Å²) in [7, 11) is 3.92. The van der Waals surface area contributed by atoms with Crippen molar-refractivity contribution in [3.63, 3.8) is 0 Å². The molecule has 3 nitrogen and oxygen atoms in total. The highest BCUT2D eigenvalue weighted by molar-refractivity contribution is 6.08. The van der Waals surface area contributed by atoms with Gasteiger partial charge >= 0.3 is 0 Å². The van der Waals surface area contributed by atoms with E-state index in [-0.39, 0.29) is 5.41 Å². The van der Waals surface area contributed by atoms with Crippen molar-refractivity contribution < 1.29 is 9.31 Å². The van der Waals surface area contributed by atoms with Gasteiger partial charge in [-0.25, -0.2) is 0 Å². The highest BCUT2D eigenvalue weighted by atomic mass is 16.5. The number of nitrogens with one attached hydrogen (secondary N) is 1. The highest BCUT2D eigenvalue weighted by Crippen LogP contribution is 2.47. The van der Waals surface area contributed by atoms with Crippen LogP contribution >= 0.6 is 0 Å². The number of anilines is 1.